The number of para-hydroxylation sites is 1. The van der Waals surface area contributed by atoms with Crippen molar-refractivity contribution in [3.63, 3.8) is 0 Å². The van der Waals surface area contributed by atoms with Crippen LogP contribution in [-0.4, -0.2) is 24.7 Å². The third-order valence-electron chi connectivity index (χ3n) is 2.78. The van der Waals surface area contributed by atoms with Gasteiger partial charge in [-0.25, -0.2) is 8.42 Å². The Morgan fingerprint density at radius 3 is 2.62 bits per heavy atom. The van der Waals surface area contributed by atoms with E-state index in [2.05, 4.69) is 0 Å². The summed E-state index contributed by atoms with van der Waals surface area (Å²) in [6.45, 7) is -0.122. The molecule has 0 aliphatic carbocycles. The second kappa shape index (κ2) is 5.62. The van der Waals surface area contributed by atoms with Crippen molar-refractivity contribution in [2.24, 2.45) is 0 Å². The summed E-state index contributed by atoms with van der Waals surface area (Å²) in [6.07, 6.45) is 1.38. The lowest BCUT2D eigenvalue weighted by Gasteiger charge is -2.15. The number of hydrogen-bond donors (Lipinski definition) is 0. The molecule has 0 N–H and O–H groups in total. The maximum absolute atomic E-state index is 13.5. The maximum Gasteiger partial charge on any atom is 0.324 e. The molecule has 0 saturated heterocycles. The maximum atomic E-state index is 13.5. The predicted octanol–water partition coefficient (Wildman–Crippen LogP) is 2.15. The van der Waals surface area contributed by atoms with Crippen molar-refractivity contribution in [2.45, 2.75) is 11.4 Å². The normalized spacial score (nSPS) is 11.8. The van der Waals surface area contributed by atoms with Crippen molar-refractivity contribution >= 4 is 15.7 Å². The molecule has 1 aromatic heterocycles. The number of benzene rings is 1. The summed E-state index contributed by atoms with van der Waals surface area (Å²) in [6, 6.07) is 6.08. The van der Waals surface area contributed by atoms with Crippen LogP contribution in [0.5, 0.6) is 0 Å². The van der Waals surface area contributed by atoms with Gasteiger partial charge in [-0.15, -0.1) is 0 Å². The van der Waals surface area contributed by atoms with Gasteiger partial charge >= 0.3 is 5.69 Å². The highest BCUT2D eigenvalue weighted by atomic mass is 32.2. The second-order valence-electron chi connectivity index (χ2n) is 4.18. The molecule has 9 heteroatoms. The van der Waals surface area contributed by atoms with Crippen molar-refractivity contribution in [1.82, 2.24) is 4.31 Å². The van der Waals surface area contributed by atoms with E-state index in [1.807, 2.05) is 0 Å². The topological polar surface area (TPSA) is 93.7 Å². The fraction of sp³-hybridized carbons (Fsp3) is 0.167. The Balaban J connectivity index is 2.44. The molecule has 0 spiro atoms. The molecule has 2 aromatic rings. The number of nitro benzene ring substituents is 1. The Morgan fingerprint density at radius 1 is 1.33 bits per heavy atom. The average Bonchev–Trinajstić information content (AvgIpc) is 2.90. The van der Waals surface area contributed by atoms with E-state index in [4.69, 9.17) is 4.42 Å². The monoisotopic (exact) mass is 314 g/mol. The van der Waals surface area contributed by atoms with Crippen molar-refractivity contribution in [2.75, 3.05) is 7.05 Å². The van der Waals surface area contributed by atoms with Gasteiger partial charge in [0.2, 0.25) is 15.8 Å². The molecule has 112 valence electrons. The lowest BCUT2D eigenvalue weighted by atomic mass is 10.3. The Kier molecular flexibility index (Phi) is 4.05. The molecule has 0 amide bonds. The Bertz CT molecular complexity index is 758. The lowest BCUT2D eigenvalue weighted by molar-refractivity contribution is -0.390. The van der Waals surface area contributed by atoms with Gasteiger partial charge in [-0.3, -0.25) is 10.1 Å². The quantitative estimate of drug-likeness (QED) is 0.622. The lowest BCUT2D eigenvalue weighted by Crippen LogP contribution is -2.27. The summed E-state index contributed by atoms with van der Waals surface area (Å²) in [5, 5.41) is 10.9. The highest BCUT2D eigenvalue weighted by molar-refractivity contribution is 7.89. The van der Waals surface area contributed by atoms with Crippen LogP contribution in [0.4, 0.5) is 10.1 Å². The summed E-state index contributed by atoms with van der Waals surface area (Å²) in [4.78, 5) is 9.15. The highest BCUT2D eigenvalue weighted by Crippen LogP contribution is 2.29. The molecular formula is C12H11FN2O5S. The fourth-order valence-electron chi connectivity index (χ4n) is 1.76. The molecular weight excluding hydrogens is 303 g/mol. The minimum absolute atomic E-state index is 0.122. The first kappa shape index (κ1) is 15.1. The zero-order valence-electron chi connectivity index (χ0n) is 10.9. The van der Waals surface area contributed by atoms with Crippen molar-refractivity contribution in [3.05, 3.63) is 58.3 Å². The zero-order valence-corrected chi connectivity index (χ0v) is 11.7. The van der Waals surface area contributed by atoms with Gasteiger partial charge in [0.15, 0.2) is 4.90 Å². The van der Waals surface area contributed by atoms with Crippen LogP contribution in [0.1, 0.15) is 5.76 Å². The summed E-state index contributed by atoms with van der Waals surface area (Å²) in [7, 11) is -2.99. The molecule has 0 aliphatic rings. The van der Waals surface area contributed by atoms with E-state index in [9.17, 15) is 22.9 Å². The first-order valence-corrected chi connectivity index (χ1v) is 7.19. The van der Waals surface area contributed by atoms with E-state index in [1.165, 1.54) is 13.3 Å². The van der Waals surface area contributed by atoms with Gasteiger partial charge in [0.05, 0.1) is 17.7 Å². The molecule has 2 rings (SSSR count). The van der Waals surface area contributed by atoms with E-state index in [-0.39, 0.29) is 6.54 Å². The highest BCUT2D eigenvalue weighted by Gasteiger charge is 2.32. The van der Waals surface area contributed by atoms with Gasteiger partial charge < -0.3 is 4.42 Å². The molecule has 0 fully saturated rings. The molecule has 1 aromatic carbocycles. The summed E-state index contributed by atoms with van der Waals surface area (Å²) < 4.78 is 44.1. The third-order valence-corrected chi connectivity index (χ3v) is 4.61. The van der Waals surface area contributed by atoms with Crippen molar-refractivity contribution < 1.29 is 22.1 Å². The number of furan rings is 1. The fourth-order valence-corrected chi connectivity index (χ4v) is 3.06. The van der Waals surface area contributed by atoms with Crippen LogP contribution in [0.2, 0.25) is 0 Å². The minimum atomic E-state index is -4.22. The summed E-state index contributed by atoms with van der Waals surface area (Å²) >= 11 is 0. The smallest absolute Gasteiger partial charge is 0.324 e. The molecule has 0 saturated carbocycles. The first-order valence-electron chi connectivity index (χ1n) is 5.75. The summed E-state index contributed by atoms with van der Waals surface area (Å²) in [5.74, 6) is -0.840. The Labute approximate surface area is 119 Å². The Hall–Kier alpha value is -2.26. The predicted molar refractivity (Wildman–Crippen MR) is 70.4 cm³/mol. The van der Waals surface area contributed by atoms with Crippen molar-refractivity contribution in [3.8, 4) is 0 Å². The Morgan fingerprint density at radius 2 is 2.05 bits per heavy atom. The molecule has 7 nitrogen and oxygen atoms in total. The van der Waals surface area contributed by atoms with Crippen LogP contribution in [0.25, 0.3) is 0 Å². The second-order valence-corrected chi connectivity index (χ2v) is 6.20. The molecule has 0 unspecified atom stereocenters. The number of nitro groups is 1. The van der Waals surface area contributed by atoms with Crippen LogP contribution in [0.15, 0.2) is 45.9 Å². The first-order chi connectivity index (χ1) is 9.84. The number of sulfonamides is 1. The van der Waals surface area contributed by atoms with Crippen LogP contribution in [0.3, 0.4) is 0 Å². The summed E-state index contributed by atoms with van der Waals surface area (Å²) in [5.41, 5.74) is -1.07. The van der Waals surface area contributed by atoms with Crippen LogP contribution >= 0.6 is 0 Å². The molecule has 0 bridgehead atoms. The largest absolute Gasteiger partial charge is 0.468 e. The van der Waals surface area contributed by atoms with Gasteiger partial charge in [0, 0.05) is 7.05 Å². The van der Waals surface area contributed by atoms with Gasteiger partial charge in [0.25, 0.3) is 0 Å². The minimum Gasteiger partial charge on any atom is -0.468 e. The van der Waals surface area contributed by atoms with Gasteiger partial charge in [-0.2, -0.15) is 8.70 Å². The average molecular weight is 314 g/mol. The number of rotatable bonds is 5. The molecule has 0 radical (unpaired) electrons. The van der Waals surface area contributed by atoms with Crippen molar-refractivity contribution in [1.29, 1.82) is 0 Å². The van der Waals surface area contributed by atoms with E-state index in [0.29, 0.717) is 5.76 Å². The zero-order chi connectivity index (χ0) is 15.6. The van der Waals surface area contributed by atoms with Gasteiger partial charge in [-0.05, 0) is 24.3 Å². The number of halogens is 1. The van der Waals surface area contributed by atoms with E-state index in [1.54, 1.807) is 12.1 Å². The molecule has 0 aliphatic heterocycles. The van der Waals surface area contributed by atoms with Crippen LogP contribution in [-0.2, 0) is 16.6 Å². The van der Waals surface area contributed by atoms with Gasteiger partial charge in [0.1, 0.15) is 5.76 Å². The van der Waals surface area contributed by atoms with E-state index >= 15 is 0 Å². The number of hydrogen-bond acceptors (Lipinski definition) is 5. The van der Waals surface area contributed by atoms with E-state index in [0.717, 1.165) is 22.5 Å². The SMILES string of the molecule is CN(Cc1ccco1)S(=O)(=O)c1cccc(F)c1[N+](=O)[O-]. The molecule has 1 heterocycles. The van der Waals surface area contributed by atoms with Gasteiger partial charge in [-0.1, -0.05) is 6.07 Å². The van der Waals surface area contributed by atoms with E-state index < -0.39 is 31.3 Å². The molecule has 21 heavy (non-hydrogen) atoms. The third kappa shape index (κ3) is 2.93. The van der Waals surface area contributed by atoms with Crippen LogP contribution < -0.4 is 0 Å². The number of nitrogens with zero attached hydrogens (tertiary/aromatic N) is 2. The van der Waals surface area contributed by atoms with Crippen LogP contribution in [0, 0.1) is 15.9 Å². The standard InChI is InChI=1S/C12H11FN2O5S/c1-14(8-9-4-3-7-20-9)21(18,19)11-6-2-5-10(13)12(11)15(16)17/h2-7H,8H2,1H3. The molecule has 0 atom stereocenters.